The van der Waals surface area contributed by atoms with Gasteiger partial charge in [0.15, 0.2) is 11.5 Å². The normalized spacial score (nSPS) is 16.0. The number of fused-ring (bicyclic) bond motifs is 1. The van der Waals surface area contributed by atoms with Gasteiger partial charge in [-0.25, -0.2) is 4.79 Å². The summed E-state index contributed by atoms with van der Waals surface area (Å²) in [7, 11) is 1.77. The molecule has 2 aromatic carbocycles. The van der Waals surface area contributed by atoms with E-state index < -0.39 is 0 Å². The maximum absolute atomic E-state index is 12.8. The molecule has 4 rings (SSSR count). The fourth-order valence-corrected chi connectivity index (χ4v) is 3.48. The molecular formula is C22H23N3O3. The lowest BCUT2D eigenvalue weighted by Gasteiger charge is -2.25. The van der Waals surface area contributed by atoms with E-state index in [4.69, 9.17) is 14.7 Å². The van der Waals surface area contributed by atoms with Crippen molar-refractivity contribution in [3.63, 3.8) is 0 Å². The fourth-order valence-electron chi connectivity index (χ4n) is 3.48. The second-order valence-corrected chi connectivity index (χ2v) is 7.34. The van der Waals surface area contributed by atoms with Crippen LogP contribution >= 0.6 is 0 Å². The molecule has 28 heavy (non-hydrogen) atoms. The number of ether oxygens (including phenoxy) is 2. The maximum atomic E-state index is 12.8. The highest BCUT2D eigenvalue weighted by atomic mass is 16.6. The van der Waals surface area contributed by atoms with Gasteiger partial charge in [0.25, 0.3) is 0 Å². The van der Waals surface area contributed by atoms with Crippen LogP contribution in [0.1, 0.15) is 35.6 Å². The predicted molar refractivity (Wildman–Crippen MR) is 104 cm³/mol. The molecule has 1 atom stereocenters. The van der Waals surface area contributed by atoms with Gasteiger partial charge in [-0.1, -0.05) is 18.2 Å². The van der Waals surface area contributed by atoms with Gasteiger partial charge in [-0.05, 0) is 54.2 Å². The molecule has 6 nitrogen and oxygen atoms in total. The molecule has 144 valence electrons. The number of nitriles is 1. The Bertz CT molecular complexity index is 917. The third kappa shape index (κ3) is 4.04. The average Bonchev–Trinajstić information content (AvgIpc) is 3.56. The van der Waals surface area contributed by atoms with E-state index in [9.17, 15) is 4.79 Å². The van der Waals surface area contributed by atoms with Crippen molar-refractivity contribution in [2.45, 2.75) is 25.4 Å². The van der Waals surface area contributed by atoms with Crippen molar-refractivity contribution in [3.05, 3.63) is 59.2 Å². The van der Waals surface area contributed by atoms with Crippen molar-refractivity contribution in [2.24, 2.45) is 5.92 Å². The van der Waals surface area contributed by atoms with Gasteiger partial charge >= 0.3 is 6.03 Å². The van der Waals surface area contributed by atoms with Crippen molar-refractivity contribution < 1.29 is 14.3 Å². The molecule has 6 heteroatoms. The second-order valence-electron chi connectivity index (χ2n) is 7.34. The number of rotatable bonds is 5. The fraction of sp³-hybridized carbons (Fsp3) is 0.364. The molecule has 1 aliphatic heterocycles. The molecule has 1 N–H and O–H groups in total. The third-order valence-electron chi connectivity index (χ3n) is 5.12. The summed E-state index contributed by atoms with van der Waals surface area (Å²) in [6.07, 6.45) is 2.21. The monoisotopic (exact) mass is 377 g/mol. The molecule has 1 heterocycles. The summed E-state index contributed by atoms with van der Waals surface area (Å²) in [5, 5.41) is 12.2. The van der Waals surface area contributed by atoms with Gasteiger partial charge in [0.1, 0.15) is 13.2 Å². The lowest BCUT2D eigenvalue weighted by atomic mass is 10.0. The third-order valence-corrected chi connectivity index (χ3v) is 5.12. The predicted octanol–water partition coefficient (Wildman–Crippen LogP) is 3.62. The van der Waals surface area contributed by atoms with Crippen molar-refractivity contribution in [1.82, 2.24) is 10.2 Å². The van der Waals surface area contributed by atoms with Crippen LogP contribution in [0.15, 0.2) is 42.5 Å². The van der Waals surface area contributed by atoms with Crippen molar-refractivity contribution in [1.29, 1.82) is 5.26 Å². The smallest absolute Gasteiger partial charge is 0.317 e. The van der Waals surface area contributed by atoms with Gasteiger partial charge < -0.3 is 19.7 Å². The Kier molecular flexibility index (Phi) is 5.07. The maximum Gasteiger partial charge on any atom is 0.317 e. The standard InChI is InChI=1S/C22H23N3O3/c1-25(14-16-4-2-3-15(11-16)13-23)22(26)24-21(17-5-6-17)18-7-8-19-20(12-18)28-10-9-27-19/h2-4,7-8,11-12,17,21H,5-6,9-10,14H2,1H3,(H,24,26). The summed E-state index contributed by atoms with van der Waals surface area (Å²) in [5.74, 6) is 1.94. The molecular weight excluding hydrogens is 354 g/mol. The van der Waals surface area contributed by atoms with E-state index in [1.54, 1.807) is 18.0 Å². The van der Waals surface area contributed by atoms with E-state index in [-0.39, 0.29) is 12.1 Å². The first-order valence-corrected chi connectivity index (χ1v) is 9.54. The van der Waals surface area contributed by atoms with Crippen LogP contribution in [0.25, 0.3) is 0 Å². The minimum absolute atomic E-state index is 0.0452. The Morgan fingerprint density at radius 1 is 1.21 bits per heavy atom. The van der Waals surface area contributed by atoms with Crippen molar-refractivity contribution in [3.8, 4) is 17.6 Å². The molecule has 2 aliphatic rings. The van der Waals surface area contributed by atoms with Crippen molar-refractivity contribution >= 4 is 6.03 Å². The summed E-state index contributed by atoms with van der Waals surface area (Å²) in [5.41, 5.74) is 2.57. The highest BCUT2D eigenvalue weighted by Gasteiger charge is 2.34. The number of hydrogen-bond donors (Lipinski definition) is 1. The molecule has 0 saturated heterocycles. The van der Waals surface area contributed by atoms with E-state index in [2.05, 4.69) is 11.4 Å². The molecule has 1 aliphatic carbocycles. The Morgan fingerprint density at radius 2 is 2.00 bits per heavy atom. The van der Waals surface area contributed by atoms with Crippen LogP contribution in [-0.2, 0) is 6.54 Å². The van der Waals surface area contributed by atoms with Crippen molar-refractivity contribution in [2.75, 3.05) is 20.3 Å². The summed E-state index contributed by atoms with van der Waals surface area (Å²) in [6, 6.07) is 15.2. The molecule has 0 spiro atoms. The van der Waals surface area contributed by atoms with Crippen LogP contribution in [0.2, 0.25) is 0 Å². The molecule has 0 bridgehead atoms. The number of nitrogens with one attached hydrogen (secondary N) is 1. The van der Waals surface area contributed by atoms with Crippen LogP contribution in [0.4, 0.5) is 4.79 Å². The zero-order valence-corrected chi connectivity index (χ0v) is 15.9. The van der Waals surface area contributed by atoms with Crippen LogP contribution in [0.3, 0.4) is 0 Å². The minimum Gasteiger partial charge on any atom is -0.486 e. The van der Waals surface area contributed by atoms with Gasteiger partial charge in [-0.3, -0.25) is 0 Å². The lowest BCUT2D eigenvalue weighted by molar-refractivity contribution is 0.171. The quantitative estimate of drug-likeness (QED) is 0.864. The zero-order valence-electron chi connectivity index (χ0n) is 15.9. The molecule has 1 unspecified atom stereocenters. The van der Waals surface area contributed by atoms with Gasteiger partial charge in [0, 0.05) is 13.6 Å². The lowest BCUT2D eigenvalue weighted by Crippen LogP contribution is -2.39. The first-order chi connectivity index (χ1) is 13.6. The van der Waals surface area contributed by atoms with Gasteiger partial charge in [0.2, 0.25) is 0 Å². The van der Waals surface area contributed by atoms with Crippen LogP contribution in [0, 0.1) is 17.2 Å². The largest absolute Gasteiger partial charge is 0.486 e. The average molecular weight is 377 g/mol. The number of urea groups is 1. The Morgan fingerprint density at radius 3 is 2.75 bits per heavy atom. The number of nitrogens with zero attached hydrogens (tertiary/aromatic N) is 2. The topological polar surface area (TPSA) is 74.6 Å². The van der Waals surface area contributed by atoms with E-state index in [1.165, 1.54) is 0 Å². The van der Waals surface area contributed by atoms with E-state index in [1.807, 2.05) is 36.4 Å². The molecule has 0 aromatic heterocycles. The van der Waals surface area contributed by atoms with E-state index >= 15 is 0 Å². The zero-order chi connectivity index (χ0) is 19.5. The van der Waals surface area contributed by atoms with Gasteiger partial charge in [-0.2, -0.15) is 5.26 Å². The number of benzene rings is 2. The van der Waals surface area contributed by atoms with Gasteiger partial charge in [-0.15, -0.1) is 0 Å². The highest BCUT2D eigenvalue weighted by molar-refractivity contribution is 5.74. The number of amides is 2. The van der Waals surface area contributed by atoms with Gasteiger partial charge in [0.05, 0.1) is 17.7 Å². The van der Waals surface area contributed by atoms with E-state index in [0.29, 0.717) is 31.2 Å². The SMILES string of the molecule is CN(Cc1cccc(C#N)c1)C(=O)NC(c1ccc2c(c1)OCCO2)C1CC1. The Balaban J connectivity index is 1.46. The summed E-state index contributed by atoms with van der Waals surface area (Å²) < 4.78 is 11.3. The molecule has 2 aromatic rings. The minimum atomic E-state index is -0.130. The molecule has 2 amide bonds. The number of carbonyl (C=O) groups excluding carboxylic acids is 1. The first kappa shape index (κ1) is 18.2. The number of carbonyl (C=O) groups is 1. The highest BCUT2D eigenvalue weighted by Crippen LogP contribution is 2.43. The Hall–Kier alpha value is -3.20. The second kappa shape index (κ2) is 7.81. The summed E-state index contributed by atoms with van der Waals surface area (Å²) in [4.78, 5) is 14.4. The summed E-state index contributed by atoms with van der Waals surface area (Å²) in [6.45, 7) is 1.55. The van der Waals surface area contributed by atoms with Crippen LogP contribution in [0.5, 0.6) is 11.5 Å². The molecule has 0 radical (unpaired) electrons. The molecule has 1 fully saturated rings. The van der Waals surface area contributed by atoms with Crippen LogP contribution in [-0.4, -0.2) is 31.2 Å². The summed E-state index contributed by atoms with van der Waals surface area (Å²) >= 11 is 0. The number of hydrogen-bond acceptors (Lipinski definition) is 4. The first-order valence-electron chi connectivity index (χ1n) is 9.54. The molecule has 1 saturated carbocycles. The van der Waals surface area contributed by atoms with Crippen LogP contribution < -0.4 is 14.8 Å². The van der Waals surface area contributed by atoms with E-state index in [0.717, 1.165) is 35.5 Å². The Labute approximate surface area is 164 Å².